The number of rotatable bonds is 3. The van der Waals surface area contributed by atoms with Gasteiger partial charge in [0.1, 0.15) is 0 Å². The average Bonchev–Trinajstić information content (AvgIpc) is 2.81. The molecule has 1 aromatic rings. The van der Waals surface area contributed by atoms with E-state index in [4.69, 9.17) is 0 Å². The highest BCUT2D eigenvalue weighted by atomic mass is 32.2. The molecule has 3 rings (SSSR count). The summed E-state index contributed by atoms with van der Waals surface area (Å²) < 4.78 is 49.7. The Morgan fingerprint density at radius 3 is 2.13 bits per heavy atom. The van der Waals surface area contributed by atoms with Crippen LogP contribution in [0.4, 0.5) is 0 Å². The molecule has 0 saturated carbocycles. The molecule has 2 aliphatic rings. The Labute approximate surface area is 136 Å². The van der Waals surface area contributed by atoms with Gasteiger partial charge in [0.05, 0.1) is 28.5 Å². The Bertz CT molecular complexity index is 756. The molecule has 9 heteroatoms. The zero-order chi connectivity index (χ0) is 16.7. The summed E-state index contributed by atoms with van der Waals surface area (Å²) in [5.41, 5.74) is 0. The standard InChI is InChI=1S/C14H20N2O5S2/c17-14-11-22(18,19)10-13(14)15-6-8-16(9-7-15)23(20,21)12-4-2-1-3-5-12/h1-5,13-14,17H,6-11H2/t13-,14-/m1/s1. The number of aliphatic hydroxyl groups is 1. The highest BCUT2D eigenvalue weighted by molar-refractivity contribution is 7.91. The molecular formula is C14H20N2O5S2. The number of piperazine rings is 1. The molecule has 1 aromatic carbocycles. The van der Waals surface area contributed by atoms with Crippen LogP contribution in [-0.4, -0.2) is 81.0 Å². The van der Waals surface area contributed by atoms with Crippen LogP contribution < -0.4 is 0 Å². The molecule has 0 unspecified atom stereocenters. The summed E-state index contributed by atoms with van der Waals surface area (Å²) in [4.78, 5) is 2.14. The summed E-state index contributed by atoms with van der Waals surface area (Å²) in [5.74, 6) is -0.264. The molecule has 2 saturated heterocycles. The summed E-state index contributed by atoms with van der Waals surface area (Å²) in [5, 5.41) is 9.93. The normalized spacial score (nSPS) is 29.6. The third kappa shape index (κ3) is 3.43. The van der Waals surface area contributed by atoms with Crippen molar-refractivity contribution >= 4 is 19.9 Å². The molecule has 2 aliphatic heterocycles. The second-order valence-electron chi connectivity index (χ2n) is 5.96. The fraction of sp³-hybridized carbons (Fsp3) is 0.571. The van der Waals surface area contributed by atoms with Gasteiger partial charge >= 0.3 is 0 Å². The molecule has 23 heavy (non-hydrogen) atoms. The second kappa shape index (κ2) is 6.14. The first-order valence-electron chi connectivity index (χ1n) is 7.47. The number of benzene rings is 1. The van der Waals surface area contributed by atoms with Crippen molar-refractivity contribution in [3.05, 3.63) is 30.3 Å². The summed E-state index contributed by atoms with van der Waals surface area (Å²) in [6.45, 7) is 1.42. The number of sulfone groups is 1. The van der Waals surface area contributed by atoms with Crippen LogP contribution in [0.2, 0.25) is 0 Å². The van der Waals surface area contributed by atoms with Gasteiger partial charge in [0.25, 0.3) is 0 Å². The molecule has 1 N–H and O–H groups in total. The van der Waals surface area contributed by atoms with Gasteiger partial charge in [0.15, 0.2) is 9.84 Å². The fourth-order valence-corrected chi connectivity index (χ4v) is 6.45. The number of nitrogens with zero attached hydrogens (tertiary/aromatic N) is 2. The first-order chi connectivity index (χ1) is 10.8. The lowest BCUT2D eigenvalue weighted by molar-refractivity contribution is 0.0618. The maximum atomic E-state index is 12.5. The van der Waals surface area contributed by atoms with Gasteiger partial charge in [-0.15, -0.1) is 0 Å². The van der Waals surface area contributed by atoms with E-state index in [1.807, 2.05) is 4.90 Å². The van der Waals surface area contributed by atoms with E-state index in [2.05, 4.69) is 0 Å². The van der Waals surface area contributed by atoms with Crippen LogP contribution in [0.25, 0.3) is 0 Å². The van der Waals surface area contributed by atoms with E-state index < -0.39 is 32.0 Å². The van der Waals surface area contributed by atoms with Gasteiger partial charge in [0.2, 0.25) is 10.0 Å². The Morgan fingerprint density at radius 2 is 1.61 bits per heavy atom. The molecule has 7 nitrogen and oxygen atoms in total. The predicted octanol–water partition coefficient (Wildman–Crippen LogP) is -0.849. The highest BCUT2D eigenvalue weighted by Crippen LogP contribution is 2.22. The third-order valence-corrected chi connectivity index (χ3v) is 8.03. The maximum absolute atomic E-state index is 12.5. The van der Waals surface area contributed by atoms with E-state index in [0.717, 1.165) is 0 Å². The van der Waals surface area contributed by atoms with Crippen LogP contribution in [0.5, 0.6) is 0 Å². The third-order valence-electron chi connectivity index (χ3n) is 4.42. The second-order valence-corrected chi connectivity index (χ2v) is 10.1. The van der Waals surface area contributed by atoms with E-state index >= 15 is 0 Å². The van der Waals surface area contributed by atoms with Crippen molar-refractivity contribution in [2.75, 3.05) is 37.7 Å². The lowest BCUT2D eigenvalue weighted by Crippen LogP contribution is -2.54. The molecule has 0 amide bonds. The van der Waals surface area contributed by atoms with Crippen LogP contribution in [0.3, 0.4) is 0 Å². The van der Waals surface area contributed by atoms with E-state index in [9.17, 15) is 21.9 Å². The molecule has 0 aromatic heterocycles. The van der Waals surface area contributed by atoms with Crippen LogP contribution >= 0.6 is 0 Å². The van der Waals surface area contributed by atoms with Crippen LogP contribution in [0.1, 0.15) is 0 Å². The molecule has 0 spiro atoms. The minimum absolute atomic E-state index is 0.0560. The van der Waals surface area contributed by atoms with Gasteiger partial charge in [-0.3, -0.25) is 4.90 Å². The van der Waals surface area contributed by atoms with Gasteiger partial charge in [-0.05, 0) is 12.1 Å². The largest absolute Gasteiger partial charge is 0.390 e. The Kier molecular flexibility index (Phi) is 4.49. The molecule has 0 bridgehead atoms. The van der Waals surface area contributed by atoms with E-state index in [-0.39, 0.29) is 16.4 Å². The molecule has 0 radical (unpaired) electrons. The summed E-state index contributed by atoms with van der Waals surface area (Å²) in [6.07, 6.45) is -0.891. The molecule has 2 atom stereocenters. The lowest BCUT2D eigenvalue weighted by Gasteiger charge is -2.37. The van der Waals surface area contributed by atoms with E-state index in [1.165, 1.54) is 4.31 Å². The molecular weight excluding hydrogens is 340 g/mol. The number of hydrogen-bond acceptors (Lipinski definition) is 6. The molecule has 0 aliphatic carbocycles. The highest BCUT2D eigenvalue weighted by Gasteiger charge is 2.41. The van der Waals surface area contributed by atoms with Crippen molar-refractivity contribution in [1.82, 2.24) is 9.21 Å². The topological polar surface area (TPSA) is 95.0 Å². The van der Waals surface area contributed by atoms with Crippen molar-refractivity contribution in [2.24, 2.45) is 0 Å². The van der Waals surface area contributed by atoms with Crippen LogP contribution in [0, 0.1) is 0 Å². The smallest absolute Gasteiger partial charge is 0.243 e. The van der Waals surface area contributed by atoms with Crippen LogP contribution in [0.15, 0.2) is 35.2 Å². The van der Waals surface area contributed by atoms with E-state index in [0.29, 0.717) is 26.2 Å². The van der Waals surface area contributed by atoms with Crippen molar-refractivity contribution in [1.29, 1.82) is 0 Å². The monoisotopic (exact) mass is 360 g/mol. The Morgan fingerprint density at radius 1 is 1.00 bits per heavy atom. The Balaban J connectivity index is 1.67. The Hall–Kier alpha value is -1.00. The first-order valence-corrected chi connectivity index (χ1v) is 10.7. The lowest BCUT2D eigenvalue weighted by atomic mass is 10.1. The predicted molar refractivity (Wildman–Crippen MR) is 85.2 cm³/mol. The minimum atomic E-state index is -3.52. The van der Waals surface area contributed by atoms with Crippen molar-refractivity contribution in [2.45, 2.75) is 17.0 Å². The summed E-state index contributed by atoms with van der Waals surface area (Å²) >= 11 is 0. The summed E-state index contributed by atoms with van der Waals surface area (Å²) in [7, 11) is -6.72. The van der Waals surface area contributed by atoms with E-state index in [1.54, 1.807) is 30.3 Å². The number of aliphatic hydroxyl groups excluding tert-OH is 1. The number of sulfonamides is 1. The van der Waals surface area contributed by atoms with Crippen molar-refractivity contribution < 1.29 is 21.9 Å². The fourth-order valence-electron chi connectivity index (χ4n) is 3.18. The quantitative estimate of drug-likeness (QED) is 0.755. The first kappa shape index (κ1) is 16.8. The SMILES string of the molecule is O=S1(=O)C[C@@H](O)[C@H](N2CCN(S(=O)(=O)c3ccccc3)CC2)C1. The van der Waals surface area contributed by atoms with Gasteiger partial charge in [0, 0.05) is 26.2 Å². The van der Waals surface area contributed by atoms with Crippen LogP contribution in [-0.2, 0) is 19.9 Å². The van der Waals surface area contributed by atoms with Gasteiger partial charge in [-0.1, -0.05) is 18.2 Å². The zero-order valence-electron chi connectivity index (χ0n) is 12.6. The van der Waals surface area contributed by atoms with Gasteiger partial charge in [-0.2, -0.15) is 4.31 Å². The van der Waals surface area contributed by atoms with Crippen molar-refractivity contribution in [3.63, 3.8) is 0 Å². The summed E-state index contributed by atoms with van der Waals surface area (Å²) in [6, 6.07) is 7.83. The number of hydrogen-bond donors (Lipinski definition) is 1. The average molecular weight is 360 g/mol. The minimum Gasteiger partial charge on any atom is -0.390 e. The molecule has 2 fully saturated rings. The van der Waals surface area contributed by atoms with Gasteiger partial charge < -0.3 is 5.11 Å². The maximum Gasteiger partial charge on any atom is 0.243 e. The zero-order valence-corrected chi connectivity index (χ0v) is 14.2. The molecule has 2 heterocycles. The molecule has 128 valence electrons. The van der Waals surface area contributed by atoms with Gasteiger partial charge in [-0.25, -0.2) is 16.8 Å². The van der Waals surface area contributed by atoms with Crippen molar-refractivity contribution in [3.8, 4) is 0 Å².